The zero-order chi connectivity index (χ0) is 61.0. The molecule has 12 rings (SSSR count). The molecule has 0 amide bonds. The van der Waals surface area contributed by atoms with Crippen molar-refractivity contribution in [2.45, 2.75) is 375 Å². The van der Waals surface area contributed by atoms with Gasteiger partial charge in [-0.1, -0.05) is 165 Å². The van der Waals surface area contributed by atoms with E-state index >= 15 is 0 Å². The van der Waals surface area contributed by atoms with Gasteiger partial charge in [-0.2, -0.15) is 0 Å². The van der Waals surface area contributed by atoms with Crippen molar-refractivity contribution in [1.29, 1.82) is 0 Å². The van der Waals surface area contributed by atoms with Crippen molar-refractivity contribution in [1.82, 2.24) is 9.80 Å². The van der Waals surface area contributed by atoms with Gasteiger partial charge in [-0.3, -0.25) is 9.80 Å². The summed E-state index contributed by atoms with van der Waals surface area (Å²) in [4.78, 5) is 6.97. The largest absolute Gasteiger partial charge is 0.294 e. The predicted molar refractivity (Wildman–Crippen MR) is 379 cm³/mol. The molecule has 0 radical (unpaired) electrons. The molecule has 12 aliphatic carbocycles. The molecule has 0 aromatic carbocycles. The van der Waals surface area contributed by atoms with Gasteiger partial charge in [-0.25, -0.2) is 0 Å². The van der Waals surface area contributed by atoms with Crippen LogP contribution in [-0.2, 0) is 0 Å². The summed E-state index contributed by atoms with van der Waals surface area (Å²) in [5.41, 5.74) is 7.11. The topological polar surface area (TPSA) is 6.48 Å². The van der Waals surface area contributed by atoms with E-state index in [9.17, 15) is 0 Å². The van der Waals surface area contributed by atoms with E-state index in [1.165, 1.54) is 231 Å². The van der Waals surface area contributed by atoms with Crippen LogP contribution in [0.2, 0.25) is 0 Å². The summed E-state index contributed by atoms with van der Waals surface area (Å²) < 4.78 is 0. The second-order valence-corrected chi connectivity index (χ2v) is 36.6. The average molecular weight is 1210 g/mol. The van der Waals surface area contributed by atoms with Crippen molar-refractivity contribution < 1.29 is 0 Å². The summed E-state index contributed by atoms with van der Waals surface area (Å²) in [5, 5.41) is 0. The Kier molecular flexibility index (Phi) is 23.7. The fourth-order valence-corrected chi connectivity index (χ4v) is 25.4. The van der Waals surface area contributed by atoms with Gasteiger partial charge in [-0.15, -0.1) is 0 Å². The number of allylic oxidation sites excluding steroid dienone is 8. The maximum Gasteiger partial charge on any atom is 0.0158 e. The van der Waals surface area contributed by atoms with Crippen molar-refractivity contribution in [3.8, 4) is 0 Å². The minimum absolute atomic E-state index is 0.811. The van der Waals surface area contributed by atoms with Crippen LogP contribution in [0.3, 0.4) is 0 Å². The van der Waals surface area contributed by atoms with Crippen molar-refractivity contribution in [3.63, 3.8) is 0 Å². The van der Waals surface area contributed by atoms with Gasteiger partial charge in [0.25, 0.3) is 0 Å². The highest BCUT2D eigenvalue weighted by molar-refractivity contribution is 5.15. The first-order valence-electron chi connectivity index (χ1n) is 41.0. The number of hydrogen-bond acceptors (Lipinski definition) is 2. The molecule has 12 saturated carbocycles. The summed E-state index contributed by atoms with van der Waals surface area (Å²) >= 11 is 0. The molecular weight excluding hydrogens is 1060 g/mol. The number of nitrogens with zero attached hydrogens (tertiary/aromatic N) is 2. The molecule has 88 heavy (non-hydrogen) atoms. The molecule has 0 saturated heterocycles. The minimum atomic E-state index is 0.811. The predicted octanol–water partition coefficient (Wildman–Crippen LogP) is 24.6. The summed E-state index contributed by atoms with van der Waals surface area (Å²) in [6.07, 6.45) is 73.4. The molecule has 12 aliphatic rings. The maximum absolute atomic E-state index is 3.49. The molecule has 0 bridgehead atoms. The second-order valence-electron chi connectivity index (χ2n) is 36.6. The Balaban J connectivity index is 0.774. The molecule has 0 aromatic rings. The number of fused-ring (bicyclic) bond motifs is 2. The van der Waals surface area contributed by atoms with E-state index in [-0.39, 0.29) is 0 Å². The lowest BCUT2D eigenvalue weighted by atomic mass is 9.50. The van der Waals surface area contributed by atoms with Crippen molar-refractivity contribution in [2.75, 3.05) is 0 Å². The molecule has 0 aliphatic heterocycles. The molecule has 0 spiro atoms. The van der Waals surface area contributed by atoms with Crippen molar-refractivity contribution >= 4 is 0 Å². The Morgan fingerprint density at radius 1 is 0.239 bits per heavy atom. The molecule has 2 heteroatoms. The molecule has 0 N–H and O–H groups in total. The number of rotatable bonds is 15. The normalized spacial score (nSPS) is 46.7. The first-order chi connectivity index (χ1) is 42.7. The van der Waals surface area contributed by atoms with Gasteiger partial charge in [0.1, 0.15) is 0 Å². The molecule has 10 atom stereocenters. The SMILES string of the molecule is C/C(=C\C1CCC(N(C2CCC(/C=C(\C)C3CCC(C)CC3)CC2)C2C(C)CC(C3CC(C)C(N(C4CCC(/C=C(\C)C5CCC(C)CC5)CC4)C4CCC(/C=C(\C)C5CCC(C)CC5)CC4)C4CCCCC34)C3CCCCC32)CC1)C1CCC(C)CC1. The van der Waals surface area contributed by atoms with Crippen LogP contribution in [0, 0.1) is 118 Å². The smallest absolute Gasteiger partial charge is 0.0158 e. The fraction of sp³-hybridized carbons (Fsp3) is 0.907. The molecule has 498 valence electrons. The highest BCUT2D eigenvalue weighted by Gasteiger charge is 2.56. The van der Waals surface area contributed by atoms with Gasteiger partial charge in [-0.05, 0) is 339 Å². The maximum atomic E-state index is 3.49. The third kappa shape index (κ3) is 16.1. The minimum Gasteiger partial charge on any atom is -0.294 e. The van der Waals surface area contributed by atoms with Crippen LogP contribution >= 0.6 is 0 Å². The molecule has 12 fully saturated rings. The van der Waals surface area contributed by atoms with E-state index in [0.717, 1.165) is 155 Å². The van der Waals surface area contributed by atoms with Gasteiger partial charge < -0.3 is 0 Å². The van der Waals surface area contributed by atoms with Crippen LogP contribution in [0.4, 0.5) is 0 Å². The Morgan fingerprint density at radius 2 is 0.455 bits per heavy atom. The highest BCUT2D eigenvalue weighted by atomic mass is 15.2. The zero-order valence-electron chi connectivity index (χ0n) is 59.9. The van der Waals surface area contributed by atoms with E-state index in [0.29, 0.717) is 0 Å². The van der Waals surface area contributed by atoms with Crippen LogP contribution in [0.15, 0.2) is 46.6 Å². The summed E-state index contributed by atoms with van der Waals surface area (Å²) in [6.45, 7) is 26.0. The molecular formula is C86H144N2. The first kappa shape index (κ1) is 66.9. The summed E-state index contributed by atoms with van der Waals surface area (Å²) in [7, 11) is 0. The Morgan fingerprint density at radius 3 is 0.682 bits per heavy atom. The van der Waals surface area contributed by atoms with Crippen LogP contribution in [0.25, 0.3) is 0 Å². The highest BCUT2D eigenvalue weighted by Crippen LogP contribution is 2.60. The number of hydrogen-bond donors (Lipinski definition) is 0. The Labute approximate surface area is 546 Å². The average Bonchev–Trinajstić information content (AvgIpc) is 1.28. The Bertz CT molecular complexity index is 1960. The fourth-order valence-electron chi connectivity index (χ4n) is 25.4. The molecule has 0 heterocycles. The first-order valence-corrected chi connectivity index (χ1v) is 41.0. The van der Waals surface area contributed by atoms with E-state index in [1.54, 1.807) is 60.8 Å². The van der Waals surface area contributed by atoms with E-state index in [4.69, 9.17) is 0 Å². The van der Waals surface area contributed by atoms with Crippen LogP contribution in [-0.4, -0.2) is 46.1 Å². The lowest BCUT2D eigenvalue weighted by molar-refractivity contribution is -0.127. The zero-order valence-corrected chi connectivity index (χ0v) is 59.9. The third-order valence-electron chi connectivity index (χ3n) is 30.7. The Hall–Kier alpha value is -1.12. The summed E-state index contributed by atoms with van der Waals surface area (Å²) in [6, 6.07) is 4.88. The molecule has 10 unspecified atom stereocenters. The molecule has 2 nitrogen and oxygen atoms in total. The van der Waals surface area contributed by atoms with Crippen molar-refractivity contribution in [2.24, 2.45) is 118 Å². The van der Waals surface area contributed by atoms with Gasteiger partial charge in [0, 0.05) is 36.3 Å². The van der Waals surface area contributed by atoms with E-state index in [1.807, 2.05) is 0 Å². The monoisotopic (exact) mass is 1210 g/mol. The van der Waals surface area contributed by atoms with Crippen LogP contribution < -0.4 is 0 Å². The van der Waals surface area contributed by atoms with Gasteiger partial charge in [0.05, 0.1) is 0 Å². The lowest BCUT2D eigenvalue weighted by Gasteiger charge is -2.62. The quantitative estimate of drug-likeness (QED) is 0.151. The van der Waals surface area contributed by atoms with Gasteiger partial charge in [0.2, 0.25) is 0 Å². The lowest BCUT2D eigenvalue weighted by Crippen LogP contribution is -2.63. The van der Waals surface area contributed by atoms with E-state index in [2.05, 4.69) is 103 Å². The van der Waals surface area contributed by atoms with Crippen molar-refractivity contribution in [3.05, 3.63) is 46.6 Å². The van der Waals surface area contributed by atoms with E-state index < -0.39 is 0 Å². The van der Waals surface area contributed by atoms with Gasteiger partial charge >= 0.3 is 0 Å². The van der Waals surface area contributed by atoms with Crippen LogP contribution in [0.1, 0.15) is 339 Å². The second kappa shape index (κ2) is 31.2. The van der Waals surface area contributed by atoms with Gasteiger partial charge in [0.15, 0.2) is 0 Å². The third-order valence-corrected chi connectivity index (χ3v) is 30.7. The summed E-state index contributed by atoms with van der Waals surface area (Å²) in [5.74, 6) is 18.0. The molecule has 0 aromatic heterocycles. The van der Waals surface area contributed by atoms with Crippen LogP contribution in [0.5, 0.6) is 0 Å². The standard InChI is InChI=1S/C86H144N2/c1-57-19-35-71(36-20-57)61(5)51-67-27-43-75(44-28-67)87(76-45-29-68(30-46-76)52-62(6)72-37-21-58(2)22-38-72)85-65(9)55-83(79-15-11-13-17-81(79)85)84-56-66(10)86(82-18-14-12-16-80(82)84)88(77-47-31-69(32-48-77)53-63(7)73-39-23-59(3)24-40-73)78-49-33-70(34-50-78)54-64(8)74-41-25-60(4)26-42-74/h51-54,57-60,65-86H,11-50,55-56H2,1-10H3/b61-51+,62-52+,63-53+,64-54+.